The molecule has 0 spiro atoms. The number of piperidine rings is 1. The molecule has 2 aliphatic rings. The molecule has 2 aromatic heterocycles. The highest BCUT2D eigenvalue weighted by Gasteiger charge is 2.25. The first-order valence-electron chi connectivity index (χ1n) is 13.3. The normalized spacial score (nSPS) is 18.0. The number of halogens is 3. The van der Waals surface area contributed by atoms with Gasteiger partial charge in [0.15, 0.2) is 11.6 Å². The smallest absolute Gasteiger partial charge is 0.233 e. The molecule has 3 aromatic rings. The molecular formula is C27H33ClF2N6O3S. The first kappa shape index (κ1) is 29.9. The Balaban J connectivity index is 0.00000370. The predicted octanol–water partition coefficient (Wildman–Crippen LogP) is 5.52. The maximum atomic E-state index is 15.0. The third-order valence-corrected chi connectivity index (χ3v) is 8.47. The minimum Gasteiger partial charge on any atom is -0.435 e. The number of sulfonamides is 1. The molecular weight excluding hydrogens is 562 g/mol. The van der Waals surface area contributed by atoms with Crippen LogP contribution in [0.4, 0.5) is 20.4 Å². The summed E-state index contributed by atoms with van der Waals surface area (Å²) in [5.41, 5.74) is 0.495. The van der Waals surface area contributed by atoms with Gasteiger partial charge in [0.2, 0.25) is 27.7 Å². The quantitative estimate of drug-likeness (QED) is 0.296. The number of aromatic nitrogens is 3. The van der Waals surface area contributed by atoms with Gasteiger partial charge in [-0.05, 0) is 68.5 Å². The average Bonchev–Trinajstić information content (AvgIpc) is 2.94. The van der Waals surface area contributed by atoms with Crippen LogP contribution in [0.2, 0.25) is 0 Å². The zero-order chi connectivity index (χ0) is 27.2. The summed E-state index contributed by atoms with van der Waals surface area (Å²) in [4.78, 5) is 13.1. The van der Waals surface area contributed by atoms with Crippen molar-refractivity contribution in [3.8, 4) is 22.9 Å². The fourth-order valence-electron chi connectivity index (χ4n) is 5.07. The number of rotatable bonds is 9. The van der Waals surface area contributed by atoms with E-state index in [2.05, 4.69) is 30.3 Å². The second kappa shape index (κ2) is 13.5. The topological polar surface area (TPSA) is 118 Å². The Hall–Kier alpha value is -3.09. The standard InChI is InChI=1S/C27H32F2N6O3S.ClH/c28-24-22(35-39(36,37)17-18-6-2-1-3-7-18)10-11-23(25(24)29)38-26-20(9-5-14-31-26)21-12-15-32-27(34-21)33-19-8-4-13-30-16-19;/h5,9-12,14-15,18-19,30,35H,1-4,6-8,13,16-17H2,(H,32,33,34);1H. The Morgan fingerprint density at radius 2 is 1.80 bits per heavy atom. The van der Waals surface area contributed by atoms with Crippen molar-refractivity contribution >= 4 is 34.1 Å². The van der Waals surface area contributed by atoms with Crippen LogP contribution in [0.5, 0.6) is 11.6 Å². The van der Waals surface area contributed by atoms with Gasteiger partial charge in [0, 0.05) is 25.0 Å². The molecule has 216 valence electrons. The summed E-state index contributed by atoms with van der Waals surface area (Å²) in [7, 11) is -3.84. The van der Waals surface area contributed by atoms with Crippen LogP contribution in [-0.4, -0.2) is 48.3 Å². The Kier molecular flexibility index (Phi) is 10.1. The fourth-order valence-corrected chi connectivity index (χ4v) is 6.60. The Bertz CT molecular complexity index is 1400. The van der Waals surface area contributed by atoms with Gasteiger partial charge in [-0.15, -0.1) is 12.4 Å². The second-order valence-electron chi connectivity index (χ2n) is 10.0. The molecule has 40 heavy (non-hydrogen) atoms. The third-order valence-electron chi connectivity index (χ3n) is 7.03. The molecule has 13 heteroatoms. The summed E-state index contributed by atoms with van der Waals surface area (Å²) in [5.74, 6) is -2.72. The van der Waals surface area contributed by atoms with Crippen molar-refractivity contribution < 1.29 is 21.9 Å². The lowest BCUT2D eigenvalue weighted by Gasteiger charge is -2.23. The van der Waals surface area contributed by atoms with Crippen molar-refractivity contribution in [3.05, 3.63) is 54.4 Å². The van der Waals surface area contributed by atoms with E-state index >= 15 is 4.39 Å². The minimum atomic E-state index is -3.84. The van der Waals surface area contributed by atoms with E-state index in [0.717, 1.165) is 64.1 Å². The van der Waals surface area contributed by atoms with Crippen molar-refractivity contribution in [1.29, 1.82) is 0 Å². The summed E-state index contributed by atoms with van der Waals surface area (Å²) < 4.78 is 63.1. The fraction of sp³-hybridized carbons (Fsp3) is 0.444. The Labute approximate surface area is 239 Å². The maximum Gasteiger partial charge on any atom is 0.233 e. The van der Waals surface area contributed by atoms with Crippen molar-refractivity contribution in [1.82, 2.24) is 20.3 Å². The molecule has 1 atom stereocenters. The van der Waals surface area contributed by atoms with E-state index < -0.39 is 33.1 Å². The highest BCUT2D eigenvalue weighted by molar-refractivity contribution is 7.92. The molecule has 1 saturated carbocycles. The molecule has 9 nitrogen and oxygen atoms in total. The van der Waals surface area contributed by atoms with Crippen LogP contribution in [0.25, 0.3) is 11.3 Å². The van der Waals surface area contributed by atoms with Crippen molar-refractivity contribution in [2.24, 2.45) is 5.92 Å². The summed E-state index contributed by atoms with van der Waals surface area (Å²) in [6.45, 7) is 1.80. The number of anilines is 2. The minimum absolute atomic E-state index is 0. The van der Waals surface area contributed by atoms with Gasteiger partial charge >= 0.3 is 0 Å². The van der Waals surface area contributed by atoms with Gasteiger partial charge < -0.3 is 15.4 Å². The van der Waals surface area contributed by atoms with E-state index in [9.17, 15) is 12.8 Å². The van der Waals surface area contributed by atoms with Crippen molar-refractivity contribution in [2.45, 2.75) is 51.0 Å². The van der Waals surface area contributed by atoms with Gasteiger partial charge in [-0.25, -0.2) is 27.8 Å². The number of hydrogen-bond acceptors (Lipinski definition) is 8. The van der Waals surface area contributed by atoms with Gasteiger partial charge in [0.1, 0.15) is 0 Å². The molecule has 1 aliphatic carbocycles. The Morgan fingerprint density at radius 3 is 2.58 bits per heavy atom. The maximum absolute atomic E-state index is 15.0. The van der Waals surface area contributed by atoms with E-state index in [1.807, 2.05) is 0 Å². The molecule has 1 saturated heterocycles. The van der Waals surface area contributed by atoms with E-state index in [1.165, 1.54) is 12.3 Å². The van der Waals surface area contributed by atoms with Crippen LogP contribution in [0.1, 0.15) is 44.9 Å². The summed E-state index contributed by atoms with van der Waals surface area (Å²) in [6, 6.07) is 7.60. The van der Waals surface area contributed by atoms with Crippen LogP contribution in [0.3, 0.4) is 0 Å². The highest BCUT2D eigenvalue weighted by Crippen LogP contribution is 2.34. The van der Waals surface area contributed by atoms with E-state index in [1.54, 1.807) is 24.4 Å². The van der Waals surface area contributed by atoms with Crippen molar-refractivity contribution in [3.63, 3.8) is 0 Å². The SMILES string of the molecule is Cl.O=S(=O)(CC1CCCCC1)Nc1ccc(Oc2ncccc2-c2ccnc(NC3CCCNC3)n2)c(F)c1F. The van der Waals surface area contributed by atoms with E-state index in [-0.39, 0.29) is 36.0 Å². The van der Waals surface area contributed by atoms with Crippen LogP contribution < -0.4 is 20.1 Å². The number of nitrogens with zero attached hydrogens (tertiary/aromatic N) is 3. The van der Waals surface area contributed by atoms with Crippen LogP contribution in [0.15, 0.2) is 42.7 Å². The largest absolute Gasteiger partial charge is 0.435 e. The predicted molar refractivity (Wildman–Crippen MR) is 152 cm³/mol. The molecule has 3 heterocycles. The highest BCUT2D eigenvalue weighted by atomic mass is 35.5. The second-order valence-corrected chi connectivity index (χ2v) is 11.8. The van der Waals surface area contributed by atoms with Crippen LogP contribution >= 0.6 is 12.4 Å². The first-order valence-corrected chi connectivity index (χ1v) is 15.0. The summed E-state index contributed by atoms with van der Waals surface area (Å²) in [6.07, 6.45) is 9.82. The molecule has 3 N–H and O–H groups in total. The summed E-state index contributed by atoms with van der Waals surface area (Å²) >= 11 is 0. The number of nitrogens with one attached hydrogen (secondary N) is 3. The molecule has 0 bridgehead atoms. The molecule has 1 unspecified atom stereocenters. The molecule has 2 fully saturated rings. The number of ether oxygens (including phenoxy) is 1. The molecule has 0 radical (unpaired) electrons. The zero-order valence-electron chi connectivity index (χ0n) is 21.9. The lowest BCUT2D eigenvalue weighted by Crippen LogP contribution is -2.38. The average molecular weight is 595 g/mol. The number of benzene rings is 1. The Morgan fingerprint density at radius 1 is 0.975 bits per heavy atom. The number of pyridine rings is 1. The van der Waals surface area contributed by atoms with E-state index in [0.29, 0.717) is 17.2 Å². The van der Waals surface area contributed by atoms with Crippen LogP contribution in [0, 0.1) is 17.6 Å². The molecule has 5 rings (SSSR count). The van der Waals surface area contributed by atoms with Gasteiger partial charge in [0.25, 0.3) is 0 Å². The third kappa shape index (κ3) is 7.55. The molecule has 1 aliphatic heterocycles. The van der Waals surface area contributed by atoms with Crippen LogP contribution in [-0.2, 0) is 10.0 Å². The molecule has 1 aromatic carbocycles. The zero-order valence-corrected chi connectivity index (χ0v) is 23.5. The monoisotopic (exact) mass is 594 g/mol. The van der Waals surface area contributed by atoms with Gasteiger partial charge in [0.05, 0.1) is 22.7 Å². The lowest BCUT2D eigenvalue weighted by molar-refractivity contribution is 0.385. The van der Waals surface area contributed by atoms with Crippen molar-refractivity contribution in [2.75, 3.05) is 28.9 Å². The molecule has 0 amide bonds. The summed E-state index contributed by atoms with van der Waals surface area (Å²) in [5, 5.41) is 6.65. The van der Waals surface area contributed by atoms with Gasteiger partial charge in [-0.3, -0.25) is 4.72 Å². The van der Waals surface area contributed by atoms with E-state index in [4.69, 9.17) is 4.74 Å². The van der Waals surface area contributed by atoms with Gasteiger partial charge in [-0.1, -0.05) is 19.3 Å². The van der Waals surface area contributed by atoms with Gasteiger partial charge in [-0.2, -0.15) is 4.39 Å². The lowest BCUT2D eigenvalue weighted by atomic mass is 9.91. The first-order chi connectivity index (χ1) is 18.9. The number of hydrogen-bond donors (Lipinski definition) is 3.